The molecule has 31 heavy (non-hydrogen) atoms. The van der Waals surface area contributed by atoms with Crippen molar-refractivity contribution < 1.29 is 29.4 Å². The van der Waals surface area contributed by atoms with E-state index in [1.807, 2.05) is 6.07 Å². The fourth-order valence-corrected chi connectivity index (χ4v) is 3.87. The van der Waals surface area contributed by atoms with Crippen LogP contribution in [0.3, 0.4) is 0 Å². The summed E-state index contributed by atoms with van der Waals surface area (Å²) in [5.41, 5.74) is 6.39. The molecule has 1 aliphatic rings. The molecule has 0 aromatic heterocycles. The van der Waals surface area contributed by atoms with E-state index in [9.17, 15) is 24.3 Å². The van der Waals surface area contributed by atoms with Crippen LogP contribution in [0.4, 0.5) is 0 Å². The minimum atomic E-state index is -1.29. The molecule has 0 unspecified atom stereocenters. The van der Waals surface area contributed by atoms with E-state index >= 15 is 0 Å². The molecule has 6 N–H and O–H groups in total. The second-order valence-electron chi connectivity index (χ2n) is 8.09. The summed E-state index contributed by atoms with van der Waals surface area (Å²) in [6, 6.07) is 5.49. The van der Waals surface area contributed by atoms with E-state index in [0.29, 0.717) is 6.42 Å². The Hall–Kier alpha value is -2.94. The molecule has 2 amide bonds. The van der Waals surface area contributed by atoms with Crippen LogP contribution in [0.2, 0.25) is 0 Å². The molecule has 1 aromatic rings. The second-order valence-corrected chi connectivity index (χ2v) is 8.09. The Bertz CT molecular complexity index is 764. The number of rotatable bonds is 11. The van der Waals surface area contributed by atoms with Gasteiger partial charge in [-0.2, -0.15) is 0 Å². The number of carboxylic acid groups (broad SMARTS) is 2. The summed E-state index contributed by atoms with van der Waals surface area (Å²) >= 11 is 0. The van der Waals surface area contributed by atoms with Crippen LogP contribution in [-0.2, 0) is 25.6 Å². The Kier molecular flexibility index (Phi) is 9.45. The van der Waals surface area contributed by atoms with Crippen LogP contribution < -0.4 is 16.4 Å². The number of carboxylic acids is 2. The van der Waals surface area contributed by atoms with Crippen molar-refractivity contribution in [2.45, 2.75) is 69.5 Å². The van der Waals surface area contributed by atoms with Crippen molar-refractivity contribution >= 4 is 23.8 Å². The van der Waals surface area contributed by atoms with Crippen molar-refractivity contribution in [2.24, 2.45) is 11.7 Å². The quantitative estimate of drug-likeness (QED) is 0.349. The average Bonchev–Trinajstić information content (AvgIpc) is 2.73. The van der Waals surface area contributed by atoms with Gasteiger partial charge in [0, 0.05) is 6.42 Å². The number of hydrogen-bond donors (Lipinski definition) is 5. The molecule has 0 saturated heterocycles. The maximum Gasteiger partial charge on any atom is 0.326 e. The first-order valence-corrected chi connectivity index (χ1v) is 10.6. The summed E-state index contributed by atoms with van der Waals surface area (Å²) in [7, 11) is 0. The highest BCUT2D eigenvalue weighted by atomic mass is 16.4. The van der Waals surface area contributed by atoms with E-state index in [1.54, 1.807) is 24.3 Å². The Morgan fingerprint density at radius 3 is 2.13 bits per heavy atom. The Balaban J connectivity index is 2.09. The number of nitrogens with one attached hydrogen (secondary N) is 2. The van der Waals surface area contributed by atoms with Gasteiger partial charge in [0.25, 0.3) is 0 Å². The van der Waals surface area contributed by atoms with Gasteiger partial charge < -0.3 is 26.6 Å². The van der Waals surface area contributed by atoms with Crippen LogP contribution in [0, 0.1) is 5.92 Å². The van der Waals surface area contributed by atoms with Crippen LogP contribution in [0.25, 0.3) is 0 Å². The van der Waals surface area contributed by atoms with Crippen LogP contribution >= 0.6 is 0 Å². The first-order chi connectivity index (χ1) is 14.8. The van der Waals surface area contributed by atoms with Crippen molar-refractivity contribution in [1.82, 2.24) is 10.6 Å². The molecule has 2 rings (SSSR count). The number of carbonyl (C=O) groups excluding carboxylic acids is 2. The molecular weight excluding hydrogens is 402 g/mol. The van der Waals surface area contributed by atoms with E-state index < -0.39 is 48.3 Å². The molecule has 0 spiro atoms. The van der Waals surface area contributed by atoms with Crippen molar-refractivity contribution in [2.75, 3.05) is 0 Å². The number of amides is 2. The van der Waals surface area contributed by atoms with E-state index in [0.717, 1.165) is 37.7 Å². The summed E-state index contributed by atoms with van der Waals surface area (Å²) in [5, 5.41) is 23.5. The molecule has 1 saturated carbocycles. The van der Waals surface area contributed by atoms with Gasteiger partial charge in [0.15, 0.2) is 0 Å². The zero-order chi connectivity index (χ0) is 22.8. The highest BCUT2D eigenvalue weighted by Gasteiger charge is 2.31. The maximum atomic E-state index is 13.0. The third-order valence-corrected chi connectivity index (χ3v) is 5.56. The van der Waals surface area contributed by atoms with Gasteiger partial charge in [-0.05, 0) is 17.9 Å². The first-order valence-electron chi connectivity index (χ1n) is 10.6. The van der Waals surface area contributed by atoms with Gasteiger partial charge in [-0.3, -0.25) is 14.4 Å². The van der Waals surface area contributed by atoms with Gasteiger partial charge in [0.05, 0.1) is 12.5 Å². The van der Waals surface area contributed by atoms with Crippen LogP contribution in [0.15, 0.2) is 30.3 Å². The minimum absolute atomic E-state index is 0.102. The molecule has 1 fully saturated rings. The Morgan fingerprint density at radius 1 is 0.935 bits per heavy atom. The summed E-state index contributed by atoms with van der Waals surface area (Å²) in [4.78, 5) is 47.9. The molecule has 1 aliphatic carbocycles. The Labute approximate surface area is 181 Å². The first kappa shape index (κ1) is 24.3. The van der Waals surface area contributed by atoms with Gasteiger partial charge in [0.1, 0.15) is 12.1 Å². The summed E-state index contributed by atoms with van der Waals surface area (Å²) < 4.78 is 0. The normalized spacial score (nSPS) is 17.2. The third-order valence-electron chi connectivity index (χ3n) is 5.56. The topological polar surface area (TPSA) is 159 Å². The lowest BCUT2D eigenvalue weighted by Gasteiger charge is -2.28. The third kappa shape index (κ3) is 8.37. The maximum absolute atomic E-state index is 13.0. The van der Waals surface area contributed by atoms with E-state index in [4.69, 9.17) is 10.8 Å². The lowest BCUT2D eigenvalue weighted by atomic mass is 9.84. The lowest BCUT2D eigenvalue weighted by Crippen LogP contribution is -2.55. The molecule has 1 aromatic carbocycles. The van der Waals surface area contributed by atoms with Crippen molar-refractivity contribution in [1.29, 1.82) is 0 Å². The van der Waals surface area contributed by atoms with Gasteiger partial charge in [-0.1, -0.05) is 62.4 Å². The largest absolute Gasteiger partial charge is 0.481 e. The second kappa shape index (κ2) is 12.0. The van der Waals surface area contributed by atoms with Gasteiger partial charge in [0.2, 0.25) is 11.8 Å². The lowest BCUT2D eigenvalue weighted by molar-refractivity contribution is -0.142. The summed E-state index contributed by atoms with van der Waals surface area (Å²) in [6.07, 6.45) is 4.95. The predicted molar refractivity (Wildman–Crippen MR) is 113 cm³/mol. The Morgan fingerprint density at radius 2 is 1.55 bits per heavy atom. The number of benzene rings is 1. The fraction of sp³-hybridized carbons (Fsp3) is 0.545. The molecule has 0 bridgehead atoms. The van der Waals surface area contributed by atoms with Gasteiger partial charge in [-0.15, -0.1) is 0 Å². The summed E-state index contributed by atoms with van der Waals surface area (Å²) in [5.74, 6) is -3.52. The summed E-state index contributed by atoms with van der Waals surface area (Å²) in [6.45, 7) is 0. The molecule has 0 heterocycles. The molecular formula is C22H31N3O6. The van der Waals surface area contributed by atoms with Crippen molar-refractivity contribution in [3.63, 3.8) is 0 Å². The fourth-order valence-electron chi connectivity index (χ4n) is 3.87. The standard InChI is InChI=1S/C22H31N3O6/c23-16(13-19(26)27)20(28)24-17(11-14-7-3-1-4-8-14)21(29)25-18(22(30)31)12-15-9-5-2-6-10-15/h2,5-6,9-10,14,16-18H,1,3-4,7-8,11-13,23H2,(H,24,28)(H,25,29)(H,26,27)(H,30,31)/t16-,17-,18-/m0/s1. The van der Waals surface area contributed by atoms with Crippen LogP contribution in [-0.4, -0.2) is 52.1 Å². The smallest absolute Gasteiger partial charge is 0.326 e. The SMILES string of the molecule is N[C@@H](CC(=O)O)C(=O)N[C@@H](CC1CCCCC1)C(=O)N[C@@H](Cc1ccccc1)C(=O)O. The van der Waals surface area contributed by atoms with Crippen molar-refractivity contribution in [3.05, 3.63) is 35.9 Å². The zero-order valence-corrected chi connectivity index (χ0v) is 17.5. The number of carbonyl (C=O) groups is 4. The monoisotopic (exact) mass is 433 g/mol. The predicted octanol–water partition coefficient (Wildman–Crippen LogP) is 1.06. The number of hydrogen-bond acceptors (Lipinski definition) is 5. The van der Waals surface area contributed by atoms with E-state index in [1.165, 1.54) is 0 Å². The number of aliphatic carboxylic acids is 2. The van der Waals surface area contributed by atoms with Crippen LogP contribution in [0.5, 0.6) is 0 Å². The molecule has 0 aliphatic heterocycles. The minimum Gasteiger partial charge on any atom is -0.481 e. The number of nitrogens with two attached hydrogens (primary N) is 1. The molecule has 170 valence electrons. The van der Waals surface area contributed by atoms with E-state index in [2.05, 4.69) is 10.6 Å². The molecule has 9 heteroatoms. The molecule has 0 radical (unpaired) electrons. The zero-order valence-electron chi connectivity index (χ0n) is 17.5. The van der Waals surface area contributed by atoms with E-state index in [-0.39, 0.29) is 12.3 Å². The van der Waals surface area contributed by atoms with Crippen LogP contribution in [0.1, 0.15) is 50.5 Å². The highest BCUT2D eigenvalue weighted by Crippen LogP contribution is 2.27. The van der Waals surface area contributed by atoms with Gasteiger partial charge in [-0.25, -0.2) is 4.79 Å². The molecule has 3 atom stereocenters. The highest BCUT2D eigenvalue weighted by molar-refractivity contribution is 5.93. The van der Waals surface area contributed by atoms with Crippen molar-refractivity contribution in [3.8, 4) is 0 Å². The van der Waals surface area contributed by atoms with Gasteiger partial charge >= 0.3 is 11.9 Å². The average molecular weight is 434 g/mol. The molecule has 9 nitrogen and oxygen atoms in total.